The van der Waals surface area contributed by atoms with Gasteiger partial charge in [0.2, 0.25) is 5.91 Å². The highest BCUT2D eigenvalue weighted by atomic mass is 32.2. The van der Waals surface area contributed by atoms with Crippen molar-refractivity contribution >= 4 is 45.9 Å². The number of pyridine rings is 1. The molecule has 14 heteroatoms. The van der Waals surface area contributed by atoms with Crippen LogP contribution >= 0.6 is 11.8 Å². The van der Waals surface area contributed by atoms with E-state index in [0.717, 1.165) is 33.5 Å². The van der Waals surface area contributed by atoms with Crippen LogP contribution in [-0.2, 0) is 11.3 Å². The van der Waals surface area contributed by atoms with Crippen LogP contribution in [0, 0.1) is 11.6 Å². The number of ether oxygens (including phenoxy) is 1. The first-order valence-electron chi connectivity index (χ1n) is 17.0. The molecule has 0 saturated carbocycles. The van der Waals surface area contributed by atoms with Crippen LogP contribution in [0.5, 0.6) is 5.75 Å². The Balaban J connectivity index is 1.19. The standard InChI is InChI=1S/C37H38F2N8O3S/c1-3-51-32-9-5-4-8-26(32)28-20-27(24-7-6-12-46(23-24)33(48)10-13-47-14-11-41-43-47)34(39)35-29(28)21-30(42-35)37(49)45-17-15-44(16-18-45)36-31(50-2)19-25(38)22-40-36/h4-5,7-9,11,14,19-22,42H,3,6,10,12-13,15-18,23H2,1-2H3. The largest absolute Gasteiger partial charge is 0.493 e. The molecule has 2 aromatic carbocycles. The number of halogens is 2. The van der Waals surface area contributed by atoms with Crippen LogP contribution in [0.3, 0.4) is 0 Å². The monoisotopic (exact) mass is 712 g/mol. The highest BCUT2D eigenvalue weighted by Gasteiger charge is 2.29. The number of methoxy groups -OCH3 is 1. The van der Waals surface area contributed by atoms with Gasteiger partial charge in [-0.05, 0) is 47.1 Å². The third-order valence-electron chi connectivity index (χ3n) is 9.32. The number of piperazine rings is 1. The first kappa shape index (κ1) is 34.2. The smallest absolute Gasteiger partial charge is 0.270 e. The van der Waals surface area contributed by atoms with E-state index in [0.29, 0.717) is 68.2 Å². The third kappa shape index (κ3) is 7.05. The maximum atomic E-state index is 16.7. The highest BCUT2D eigenvalue weighted by molar-refractivity contribution is 7.99. The molecule has 1 N–H and O–H groups in total. The molecule has 3 aromatic heterocycles. The minimum absolute atomic E-state index is 0.0380. The number of H-pyrrole nitrogens is 1. The Kier molecular flexibility index (Phi) is 10.0. The van der Waals surface area contributed by atoms with Gasteiger partial charge < -0.3 is 24.4 Å². The van der Waals surface area contributed by atoms with Crippen LogP contribution in [-0.4, -0.2) is 98.7 Å². The summed E-state index contributed by atoms with van der Waals surface area (Å²) in [6, 6.07) is 12.9. The van der Waals surface area contributed by atoms with Crippen molar-refractivity contribution in [3.05, 3.63) is 90.0 Å². The number of carbonyl (C=O) groups excluding carboxylic acids is 2. The third-order valence-corrected chi connectivity index (χ3v) is 10.3. The predicted molar refractivity (Wildman–Crippen MR) is 193 cm³/mol. The molecule has 0 radical (unpaired) electrons. The molecular formula is C37H38F2N8O3S. The number of hydrogen-bond acceptors (Lipinski definition) is 8. The zero-order valence-electron chi connectivity index (χ0n) is 28.4. The van der Waals surface area contributed by atoms with E-state index in [4.69, 9.17) is 4.74 Å². The number of aromatic amines is 1. The second-order valence-corrected chi connectivity index (χ2v) is 13.7. The Morgan fingerprint density at radius 1 is 1.00 bits per heavy atom. The Hall–Kier alpha value is -5.24. The molecule has 7 rings (SSSR count). The maximum absolute atomic E-state index is 16.7. The molecule has 264 valence electrons. The van der Waals surface area contributed by atoms with Gasteiger partial charge in [0.15, 0.2) is 17.4 Å². The molecule has 2 aliphatic heterocycles. The number of aryl methyl sites for hydroxylation is 1. The Bertz CT molecular complexity index is 2090. The molecule has 2 amide bonds. The van der Waals surface area contributed by atoms with Gasteiger partial charge >= 0.3 is 0 Å². The molecular weight excluding hydrogens is 675 g/mol. The van der Waals surface area contributed by atoms with Gasteiger partial charge in [-0.1, -0.05) is 36.4 Å². The van der Waals surface area contributed by atoms with Gasteiger partial charge in [0.1, 0.15) is 11.5 Å². The molecule has 5 aromatic rings. The molecule has 51 heavy (non-hydrogen) atoms. The second-order valence-electron chi connectivity index (χ2n) is 12.4. The molecule has 2 aliphatic rings. The van der Waals surface area contributed by atoms with E-state index in [1.165, 1.54) is 13.2 Å². The lowest BCUT2D eigenvalue weighted by atomic mass is 9.93. The van der Waals surface area contributed by atoms with Crippen molar-refractivity contribution in [2.24, 2.45) is 0 Å². The first-order chi connectivity index (χ1) is 24.8. The number of benzene rings is 2. The quantitative estimate of drug-likeness (QED) is 0.179. The van der Waals surface area contributed by atoms with Crippen LogP contribution in [0.2, 0.25) is 0 Å². The van der Waals surface area contributed by atoms with Crippen molar-refractivity contribution in [3.8, 4) is 16.9 Å². The van der Waals surface area contributed by atoms with Crippen molar-refractivity contribution in [2.75, 3.05) is 57.0 Å². The molecule has 0 unspecified atom stereocenters. The van der Waals surface area contributed by atoms with E-state index in [1.54, 1.807) is 44.7 Å². The molecule has 5 heterocycles. The fraction of sp³-hybridized carbons (Fsp3) is 0.324. The van der Waals surface area contributed by atoms with Crippen molar-refractivity contribution in [3.63, 3.8) is 0 Å². The normalized spacial score (nSPS) is 15.0. The lowest BCUT2D eigenvalue weighted by Gasteiger charge is -2.35. The zero-order valence-corrected chi connectivity index (χ0v) is 29.3. The SMILES string of the molecule is CCSc1ccccc1-c1cc(C2=CCCN(C(=O)CCn3ccnn3)C2)c(F)c2[nH]c(C(=O)N3CCN(c4ncc(F)cc4OC)CC3)cc12. The lowest BCUT2D eigenvalue weighted by Crippen LogP contribution is -2.49. The van der Waals surface area contributed by atoms with Gasteiger partial charge in [-0.15, -0.1) is 16.9 Å². The zero-order chi connectivity index (χ0) is 35.5. The number of rotatable bonds is 10. The minimum atomic E-state index is -0.487. The number of carbonyl (C=O) groups is 2. The Morgan fingerprint density at radius 2 is 1.82 bits per heavy atom. The number of amides is 2. The van der Waals surface area contributed by atoms with Crippen molar-refractivity contribution in [1.29, 1.82) is 0 Å². The summed E-state index contributed by atoms with van der Waals surface area (Å²) >= 11 is 1.70. The summed E-state index contributed by atoms with van der Waals surface area (Å²) in [5.74, 6) is 0.477. The number of hydrogen-bond donors (Lipinski definition) is 1. The molecule has 1 fully saturated rings. The average molecular weight is 713 g/mol. The number of thioether (sulfide) groups is 1. The second kappa shape index (κ2) is 14.9. The summed E-state index contributed by atoms with van der Waals surface area (Å²) in [6.07, 6.45) is 7.30. The number of aromatic nitrogens is 5. The van der Waals surface area contributed by atoms with E-state index in [9.17, 15) is 14.0 Å². The average Bonchev–Trinajstić information content (AvgIpc) is 3.86. The molecule has 11 nitrogen and oxygen atoms in total. The van der Waals surface area contributed by atoms with E-state index in [-0.39, 0.29) is 36.0 Å². The van der Waals surface area contributed by atoms with Gasteiger partial charge in [0.05, 0.1) is 31.6 Å². The summed E-state index contributed by atoms with van der Waals surface area (Å²) in [5.41, 5.74) is 3.41. The van der Waals surface area contributed by atoms with Gasteiger partial charge in [-0.2, -0.15) is 0 Å². The summed E-state index contributed by atoms with van der Waals surface area (Å²) in [6.45, 7) is 5.03. The number of nitrogens with one attached hydrogen (secondary N) is 1. The van der Waals surface area contributed by atoms with E-state index < -0.39 is 11.6 Å². The van der Waals surface area contributed by atoms with Crippen molar-refractivity contribution < 1.29 is 23.1 Å². The summed E-state index contributed by atoms with van der Waals surface area (Å²) in [4.78, 5) is 41.0. The van der Waals surface area contributed by atoms with Gasteiger partial charge in [0, 0.05) is 73.8 Å². The molecule has 1 saturated heterocycles. The van der Waals surface area contributed by atoms with Crippen LogP contribution in [0.1, 0.15) is 35.8 Å². The summed E-state index contributed by atoms with van der Waals surface area (Å²) < 4.78 is 37.5. The molecule has 0 spiro atoms. The highest BCUT2D eigenvalue weighted by Crippen LogP contribution is 2.40. The van der Waals surface area contributed by atoms with Crippen molar-refractivity contribution in [2.45, 2.75) is 31.2 Å². The van der Waals surface area contributed by atoms with E-state index in [2.05, 4.69) is 33.3 Å². The lowest BCUT2D eigenvalue weighted by molar-refractivity contribution is -0.131. The van der Waals surface area contributed by atoms with Crippen LogP contribution in [0.4, 0.5) is 14.6 Å². The van der Waals surface area contributed by atoms with Gasteiger partial charge in [0.25, 0.3) is 5.91 Å². The molecule has 0 aliphatic carbocycles. The topological polar surface area (TPSA) is 112 Å². The number of anilines is 1. The predicted octanol–water partition coefficient (Wildman–Crippen LogP) is 5.89. The van der Waals surface area contributed by atoms with Crippen molar-refractivity contribution in [1.82, 2.24) is 34.8 Å². The summed E-state index contributed by atoms with van der Waals surface area (Å²) in [7, 11) is 1.47. The van der Waals surface area contributed by atoms with Crippen LogP contribution in [0.25, 0.3) is 27.6 Å². The molecule has 0 atom stereocenters. The van der Waals surface area contributed by atoms with Gasteiger partial charge in [-0.3, -0.25) is 14.3 Å². The Labute approximate surface area is 298 Å². The van der Waals surface area contributed by atoms with Gasteiger partial charge in [-0.25, -0.2) is 13.8 Å². The Morgan fingerprint density at radius 3 is 2.59 bits per heavy atom. The fourth-order valence-electron chi connectivity index (χ4n) is 6.77. The summed E-state index contributed by atoms with van der Waals surface area (Å²) in [5, 5.41) is 8.36. The molecule has 0 bridgehead atoms. The fourth-order valence-corrected chi connectivity index (χ4v) is 7.59. The number of fused-ring (bicyclic) bond motifs is 1. The van der Waals surface area contributed by atoms with Crippen LogP contribution in [0.15, 0.2) is 72.0 Å². The number of nitrogens with zero attached hydrogens (tertiary/aromatic N) is 7. The first-order valence-corrected chi connectivity index (χ1v) is 18.0. The van der Waals surface area contributed by atoms with Crippen LogP contribution < -0.4 is 9.64 Å². The van der Waals surface area contributed by atoms with E-state index >= 15 is 4.39 Å². The maximum Gasteiger partial charge on any atom is 0.270 e. The minimum Gasteiger partial charge on any atom is -0.493 e. The van der Waals surface area contributed by atoms with E-state index in [1.807, 2.05) is 35.2 Å².